The van der Waals surface area contributed by atoms with Crippen LogP contribution in [-0.2, 0) is 9.53 Å². The van der Waals surface area contributed by atoms with Crippen LogP contribution in [0.2, 0.25) is 0 Å². The number of cyclic esters (lactones) is 1. The third-order valence-corrected chi connectivity index (χ3v) is 4.29. The van der Waals surface area contributed by atoms with Crippen molar-refractivity contribution in [3.63, 3.8) is 0 Å². The highest BCUT2D eigenvalue weighted by Gasteiger charge is 2.32. The van der Waals surface area contributed by atoms with Crippen LogP contribution < -0.4 is 25.7 Å². The van der Waals surface area contributed by atoms with E-state index in [1.807, 2.05) is 0 Å². The van der Waals surface area contributed by atoms with Gasteiger partial charge >= 0.3 is 6.09 Å². The molecule has 1 fully saturated rings. The minimum atomic E-state index is -0.606. The zero-order valence-electron chi connectivity index (χ0n) is 15.9. The normalized spacial score (nSPS) is 15.6. The lowest BCUT2D eigenvalue weighted by Gasteiger charge is -2.15. The molecule has 0 unspecified atom stereocenters. The molecule has 1 saturated heterocycles. The van der Waals surface area contributed by atoms with Crippen molar-refractivity contribution in [2.45, 2.75) is 13.0 Å². The first-order chi connectivity index (χ1) is 13.9. The first kappa shape index (κ1) is 20.1. The number of nitrogens with zero attached hydrogens (tertiary/aromatic N) is 1. The van der Waals surface area contributed by atoms with Crippen molar-refractivity contribution >= 4 is 29.1 Å². The first-order valence-corrected chi connectivity index (χ1v) is 8.85. The van der Waals surface area contributed by atoms with Gasteiger partial charge in [-0.2, -0.15) is 0 Å². The lowest BCUT2D eigenvalue weighted by molar-refractivity contribution is -0.119. The summed E-state index contributed by atoms with van der Waals surface area (Å²) < 4.78 is 24.8. The van der Waals surface area contributed by atoms with Crippen LogP contribution in [0.25, 0.3) is 0 Å². The molecule has 2 aromatic carbocycles. The molecule has 9 heteroatoms. The van der Waals surface area contributed by atoms with Crippen LogP contribution in [-0.4, -0.2) is 38.3 Å². The molecular formula is C20H20FN3O5. The van der Waals surface area contributed by atoms with Crippen molar-refractivity contribution in [3.05, 3.63) is 58.5 Å². The highest BCUT2D eigenvalue weighted by Crippen LogP contribution is 2.27. The Morgan fingerprint density at radius 2 is 2.00 bits per heavy atom. The summed E-state index contributed by atoms with van der Waals surface area (Å²) in [6, 6.07) is 10.2. The molecular weight excluding hydrogens is 381 g/mol. The van der Waals surface area contributed by atoms with Gasteiger partial charge < -0.3 is 20.1 Å². The molecule has 0 spiro atoms. The Hall–Kier alpha value is -3.62. The molecule has 1 aliphatic rings. The maximum absolute atomic E-state index is 14.6. The second-order valence-electron chi connectivity index (χ2n) is 6.40. The van der Waals surface area contributed by atoms with E-state index in [1.165, 1.54) is 49.3 Å². The molecule has 0 radical (unpaired) electrons. The molecule has 0 bridgehead atoms. The molecule has 1 atom stereocenters. The van der Waals surface area contributed by atoms with Crippen LogP contribution in [0.1, 0.15) is 6.92 Å². The fourth-order valence-electron chi connectivity index (χ4n) is 2.83. The zero-order chi connectivity index (χ0) is 21.0. The van der Waals surface area contributed by atoms with Gasteiger partial charge in [0.15, 0.2) is 5.75 Å². The van der Waals surface area contributed by atoms with Gasteiger partial charge in [-0.25, -0.2) is 9.18 Å². The van der Waals surface area contributed by atoms with Gasteiger partial charge in [-0.05, 0) is 42.5 Å². The number of hydrogen-bond acceptors (Lipinski definition) is 6. The lowest BCUT2D eigenvalue weighted by atomic mass is 10.2. The number of carbonyl (C=O) groups is 2. The molecule has 2 N–H and O–H groups in total. The molecule has 0 saturated carbocycles. The van der Waals surface area contributed by atoms with E-state index in [-0.39, 0.29) is 35.9 Å². The molecule has 29 heavy (non-hydrogen) atoms. The van der Waals surface area contributed by atoms with E-state index in [4.69, 9.17) is 9.47 Å². The molecule has 8 nitrogen and oxygen atoms in total. The molecule has 0 aliphatic carbocycles. The second-order valence-corrected chi connectivity index (χ2v) is 6.40. The molecule has 0 aromatic heterocycles. The molecule has 2 amide bonds. The Bertz CT molecular complexity index is 998. The van der Waals surface area contributed by atoms with E-state index < -0.39 is 18.0 Å². The van der Waals surface area contributed by atoms with Gasteiger partial charge in [0.1, 0.15) is 11.9 Å². The lowest BCUT2D eigenvalue weighted by Crippen LogP contribution is -2.33. The quantitative estimate of drug-likeness (QED) is 0.772. The van der Waals surface area contributed by atoms with Crippen molar-refractivity contribution in [2.24, 2.45) is 0 Å². The predicted molar refractivity (Wildman–Crippen MR) is 105 cm³/mol. The first-order valence-electron chi connectivity index (χ1n) is 8.85. The number of benzene rings is 1. The highest BCUT2D eigenvalue weighted by atomic mass is 19.1. The summed E-state index contributed by atoms with van der Waals surface area (Å²) in [6.07, 6.45) is -1.11. The number of halogens is 1. The Balaban J connectivity index is 1.74. The van der Waals surface area contributed by atoms with Crippen LogP contribution in [0.5, 0.6) is 5.75 Å². The summed E-state index contributed by atoms with van der Waals surface area (Å²) in [5, 5.41) is 5.47. The van der Waals surface area contributed by atoms with Crippen LogP contribution in [0.15, 0.2) is 47.3 Å². The van der Waals surface area contributed by atoms with Gasteiger partial charge in [0.05, 0.1) is 31.6 Å². The molecule has 1 heterocycles. The number of methoxy groups -OCH3 is 1. The molecule has 152 valence electrons. The summed E-state index contributed by atoms with van der Waals surface area (Å²) in [6.45, 7) is 1.76. The summed E-state index contributed by atoms with van der Waals surface area (Å²) in [5.74, 6) is -0.631. The van der Waals surface area contributed by atoms with Crippen molar-refractivity contribution in [1.82, 2.24) is 5.32 Å². The fourth-order valence-corrected chi connectivity index (χ4v) is 2.83. The monoisotopic (exact) mass is 401 g/mol. The number of hydrogen-bond donors (Lipinski definition) is 2. The molecule has 1 aliphatic heterocycles. The summed E-state index contributed by atoms with van der Waals surface area (Å²) in [5.41, 5.74) is 0.713. The third kappa shape index (κ3) is 4.81. The van der Waals surface area contributed by atoms with Crippen LogP contribution in [0.4, 0.5) is 26.2 Å². The van der Waals surface area contributed by atoms with Gasteiger partial charge in [-0.3, -0.25) is 14.5 Å². The van der Waals surface area contributed by atoms with Crippen molar-refractivity contribution < 1.29 is 23.5 Å². The van der Waals surface area contributed by atoms with E-state index in [2.05, 4.69) is 10.6 Å². The predicted octanol–water partition coefficient (Wildman–Crippen LogP) is 2.40. The largest absolute Gasteiger partial charge is 0.493 e. The Labute approximate surface area is 166 Å². The minimum Gasteiger partial charge on any atom is -0.493 e. The van der Waals surface area contributed by atoms with Crippen molar-refractivity contribution in [3.8, 4) is 5.75 Å². The maximum atomic E-state index is 14.6. The smallest absolute Gasteiger partial charge is 0.414 e. The van der Waals surface area contributed by atoms with E-state index in [9.17, 15) is 18.8 Å². The van der Waals surface area contributed by atoms with E-state index in [0.29, 0.717) is 11.4 Å². The average molecular weight is 401 g/mol. The SMILES string of the molecule is COc1ccc(Nc2ccc(N3C[C@H](CNC(C)=O)OC3=O)cc2F)ccc1=O. The van der Waals surface area contributed by atoms with Gasteiger partial charge in [-0.1, -0.05) is 0 Å². The number of rotatable bonds is 6. The summed E-state index contributed by atoms with van der Waals surface area (Å²) in [7, 11) is 1.40. The number of amides is 2. The highest BCUT2D eigenvalue weighted by molar-refractivity contribution is 5.90. The van der Waals surface area contributed by atoms with E-state index in [1.54, 1.807) is 12.1 Å². The molecule has 3 rings (SSSR count). The number of carbonyl (C=O) groups excluding carboxylic acids is 2. The standard InChI is InChI=1S/C20H20FN3O5/c1-12(25)22-10-15-11-24(20(27)29-15)14-5-6-17(16(21)9-14)23-13-3-7-18(26)19(28-2)8-4-13/h3-9,15,23H,10-11H2,1-2H3,(H,22,25)/t15-/m0/s1. The Morgan fingerprint density at radius 3 is 2.69 bits per heavy atom. The van der Waals surface area contributed by atoms with Gasteiger partial charge in [0.25, 0.3) is 0 Å². The number of ether oxygens (including phenoxy) is 2. The van der Waals surface area contributed by atoms with Crippen LogP contribution in [0.3, 0.4) is 0 Å². The number of nitrogens with one attached hydrogen (secondary N) is 2. The Kier molecular flexibility index (Phi) is 5.96. The number of anilines is 3. The van der Waals surface area contributed by atoms with E-state index in [0.717, 1.165) is 0 Å². The van der Waals surface area contributed by atoms with Crippen LogP contribution >= 0.6 is 0 Å². The Morgan fingerprint density at radius 1 is 1.24 bits per heavy atom. The average Bonchev–Trinajstić information content (AvgIpc) is 2.96. The molecule has 2 aromatic rings. The third-order valence-electron chi connectivity index (χ3n) is 4.29. The van der Waals surface area contributed by atoms with Gasteiger partial charge in [0, 0.05) is 12.6 Å². The van der Waals surface area contributed by atoms with Gasteiger partial charge in [-0.15, -0.1) is 0 Å². The topological polar surface area (TPSA) is 97.0 Å². The minimum absolute atomic E-state index is 0.175. The van der Waals surface area contributed by atoms with Crippen LogP contribution in [0, 0.1) is 5.82 Å². The second kappa shape index (κ2) is 8.59. The van der Waals surface area contributed by atoms with Crippen molar-refractivity contribution in [2.75, 3.05) is 30.4 Å². The van der Waals surface area contributed by atoms with E-state index >= 15 is 0 Å². The summed E-state index contributed by atoms with van der Waals surface area (Å²) in [4.78, 5) is 36.1. The van der Waals surface area contributed by atoms with Crippen molar-refractivity contribution in [1.29, 1.82) is 0 Å². The maximum Gasteiger partial charge on any atom is 0.414 e. The fraction of sp³-hybridized carbons (Fsp3) is 0.250. The van der Waals surface area contributed by atoms with Gasteiger partial charge in [0.2, 0.25) is 11.3 Å². The zero-order valence-corrected chi connectivity index (χ0v) is 15.9. The summed E-state index contributed by atoms with van der Waals surface area (Å²) >= 11 is 0.